The highest BCUT2D eigenvalue weighted by Crippen LogP contribution is 2.17. The Kier molecular flexibility index (Phi) is 6.41. The Morgan fingerprint density at radius 1 is 1.14 bits per heavy atom. The summed E-state index contributed by atoms with van der Waals surface area (Å²) in [6.07, 6.45) is -0.794. The minimum absolute atomic E-state index is 0.0172. The third kappa shape index (κ3) is 5.30. The fourth-order valence-corrected chi connectivity index (χ4v) is 2.74. The van der Waals surface area contributed by atoms with Gasteiger partial charge in [-0.05, 0) is 36.8 Å². The molecule has 0 radical (unpaired) electrons. The molecule has 1 aromatic heterocycles. The fourth-order valence-electron chi connectivity index (χ4n) is 2.74. The molecule has 3 aromatic rings. The second-order valence-electron chi connectivity index (χ2n) is 6.66. The molecule has 1 heterocycles. The molecule has 1 N–H and O–H groups in total. The van der Waals surface area contributed by atoms with Crippen molar-refractivity contribution >= 4 is 11.7 Å². The number of amides is 1. The maximum atomic E-state index is 12.5. The van der Waals surface area contributed by atoms with E-state index in [0.29, 0.717) is 17.1 Å². The van der Waals surface area contributed by atoms with Crippen LogP contribution in [-0.4, -0.2) is 40.4 Å². The molecule has 0 fully saturated rings. The number of nitrogens with zero attached hydrogens (tertiary/aromatic N) is 2. The molecule has 0 saturated carbocycles. The molecule has 150 valence electrons. The van der Waals surface area contributed by atoms with Crippen molar-refractivity contribution in [2.45, 2.75) is 19.6 Å². The van der Waals surface area contributed by atoms with Gasteiger partial charge < -0.3 is 19.3 Å². The molecule has 3 rings (SSSR count). The summed E-state index contributed by atoms with van der Waals surface area (Å²) in [7, 11) is 1.59. The van der Waals surface area contributed by atoms with E-state index >= 15 is 0 Å². The number of carbonyl (C=O) groups is 2. The Hall–Kier alpha value is -3.45. The van der Waals surface area contributed by atoms with Crippen molar-refractivity contribution < 1.29 is 24.0 Å². The molecule has 0 aliphatic rings. The van der Waals surface area contributed by atoms with Gasteiger partial charge in [-0.2, -0.15) is 0 Å². The molecule has 7 heteroatoms. The summed E-state index contributed by atoms with van der Waals surface area (Å²) in [5.74, 6) is 0.584. The smallest absolute Gasteiger partial charge is 0.275 e. The summed E-state index contributed by atoms with van der Waals surface area (Å²) < 4.78 is 10.8. The predicted molar refractivity (Wildman–Crippen MR) is 106 cm³/mol. The van der Waals surface area contributed by atoms with Crippen LogP contribution < -0.4 is 4.74 Å². The Bertz CT molecular complexity index is 966. The van der Waals surface area contributed by atoms with Gasteiger partial charge in [-0.15, -0.1) is 0 Å². The molecule has 0 bridgehead atoms. The van der Waals surface area contributed by atoms with E-state index in [2.05, 4.69) is 5.16 Å². The average Bonchev–Trinajstić information content (AvgIpc) is 3.21. The predicted octanol–water partition coefficient (Wildman–Crippen LogP) is 3.26. The largest absolute Gasteiger partial charge is 0.486 e. The number of rotatable bonds is 8. The first-order valence-electron chi connectivity index (χ1n) is 9.12. The molecule has 1 atom stereocenters. The summed E-state index contributed by atoms with van der Waals surface area (Å²) in [6.45, 7) is 1.72. The minimum Gasteiger partial charge on any atom is -0.486 e. The lowest BCUT2D eigenvalue weighted by Gasteiger charge is -2.20. The van der Waals surface area contributed by atoms with Gasteiger partial charge in [0.2, 0.25) is 0 Å². The SMILES string of the molecule is CC(=O)c1ccc(OCc2cc(C(=O)N(C)C[C@H](O)c3ccccc3)no2)cc1. The lowest BCUT2D eigenvalue weighted by Crippen LogP contribution is -2.31. The van der Waals surface area contributed by atoms with Crippen molar-refractivity contribution in [3.8, 4) is 5.75 Å². The number of ether oxygens (including phenoxy) is 1. The molecule has 7 nitrogen and oxygen atoms in total. The highest BCUT2D eigenvalue weighted by atomic mass is 16.5. The summed E-state index contributed by atoms with van der Waals surface area (Å²) in [6, 6.07) is 17.4. The van der Waals surface area contributed by atoms with Gasteiger partial charge in [-0.1, -0.05) is 35.5 Å². The van der Waals surface area contributed by atoms with Crippen LogP contribution in [-0.2, 0) is 6.61 Å². The highest BCUT2D eigenvalue weighted by Gasteiger charge is 2.20. The van der Waals surface area contributed by atoms with Gasteiger partial charge in [0.1, 0.15) is 12.4 Å². The number of carbonyl (C=O) groups excluding carboxylic acids is 2. The third-order valence-corrected chi connectivity index (χ3v) is 4.40. The van der Waals surface area contributed by atoms with Crippen molar-refractivity contribution in [3.05, 3.63) is 83.2 Å². The Morgan fingerprint density at radius 2 is 1.83 bits per heavy atom. The van der Waals surface area contributed by atoms with E-state index in [4.69, 9.17) is 9.26 Å². The van der Waals surface area contributed by atoms with Crippen molar-refractivity contribution in [1.82, 2.24) is 10.1 Å². The Morgan fingerprint density at radius 3 is 2.48 bits per heavy atom. The van der Waals surface area contributed by atoms with Gasteiger partial charge in [0.15, 0.2) is 17.2 Å². The minimum atomic E-state index is -0.794. The second kappa shape index (κ2) is 9.16. The number of ketones is 1. The molecule has 29 heavy (non-hydrogen) atoms. The van der Waals surface area contributed by atoms with Crippen molar-refractivity contribution in [2.24, 2.45) is 0 Å². The van der Waals surface area contributed by atoms with E-state index in [0.717, 1.165) is 5.56 Å². The van der Waals surface area contributed by atoms with Crippen LogP contribution in [0.2, 0.25) is 0 Å². The number of Topliss-reactive ketones (excluding diaryl/α,β-unsaturated/α-hetero) is 1. The highest BCUT2D eigenvalue weighted by molar-refractivity contribution is 5.94. The number of hydrogen-bond acceptors (Lipinski definition) is 6. The maximum Gasteiger partial charge on any atom is 0.275 e. The third-order valence-electron chi connectivity index (χ3n) is 4.40. The van der Waals surface area contributed by atoms with Gasteiger partial charge in [-0.25, -0.2) is 0 Å². The number of likely N-dealkylation sites (N-methyl/N-ethyl adjacent to an activating group) is 1. The molecular formula is C22H22N2O5. The van der Waals surface area contributed by atoms with E-state index < -0.39 is 6.10 Å². The maximum absolute atomic E-state index is 12.5. The molecule has 2 aromatic carbocycles. The Labute approximate surface area is 168 Å². The molecule has 0 aliphatic carbocycles. The molecular weight excluding hydrogens is 372 g/mol. The summed E-state index contributed by atoms with van der Waals surface area (Å²) >= 11 is 0. The molecule has 0 spiro atoms. The van der Waals surface area contributed by atoms with Crippen LogP contribution in [0, 0.1) is 0 Å². The number of benzene rings is 2. The van der Waals surface area contributed by atoms with Crippen molar-refractivity contribution in [2.75, 3.05) is 13.6 Å². The van der Waals surface area contributed by atoms with Gasteiger partial charge in [-0.3, -0.25) is 9.59 Å². The monoisotopic (exact) mass is 394 g/mol. The summed E-state index contributed by atoms with van der Waals surface area (Å²) in [4.78, 5) is 25.2. The quantitative estimate of drug-likeness (QED) is 0.590. The molecule has 0 unspecified atom stereocenters. The first kappa shape index (κ1) is 20.3. The van der Waals surface area contributed by atoms with E-state index in [9.17, 15) is 14.7 Å². The zero-order valence-corrected chi connectivity index (χ0v) is 16.2. The zero-order chi connectivity index (χ0) is 20.8. The summed E-state index contributed by atoms with van der Waals surface area (Å²) in [5.41, 5.74) is 1.47. The zero-order valence-electron chi connectivity index (χ0n) is 16.2. The number of hydrogen-bond donors (Lipinski definition) is 1. The summed E-state index contributed by atoms with van der Waals surface area (Å²) in [5, 5.41) is 14.1. The van der Waals surface area contributed by atoms with Crippen LogP contribution in [0.25, 0.3) is 0 Å². The van der Waals surface area contributed by atoms with Crippen molar-refractivity contribution in [1.29, 1.82) is 0 Å². The fraction of sp³-hybridized carbons (Fsp3) is 0.227. The van der Waals surface area contributed by atoms with Crippen LogP contribution in [0.4, 0.5) is 0 Å². The van der Waals surface area contributed by atoms with Gasteiger partial charge in [0.05, 0.1) is 12.6 Å². The topological polar surface area (TPSA) is 92.9 Å². The van der Waals surface area contributed by atoms with E-state index in [1.807, 2.05) is 18.2 Å². The van der Waals surface area contributed by atoms with Crippen LogP contribution in [0.5, 0.6) is 5.75 Å². The number of aliphatic hydroxyl groups is 1. The van der Waals surface area contributed by atoms with E-state index in [1.165, 1.54) is 17.9 Å². The van der Waals surface area contributed by atoms with Crippen LogP contribution >= 0.6 is 0 Å². The molecule has 0 aliphatic heterocycles. The van der Waals surface area contributed by atoms with Crippen LogP contribution in [0.1, 0.15) is 45.2 Å². The van der Waals surface area contributed by atoms with Crippen LogP contribution in [0.3, 0.4) is 0 Å². The standard InChI is InChI=1S/C22H22N2O5/c1-15(25)16-8-10-18(11-9-16)28-14-19-12-20(23-29-19)22(27)24(2)13-21(26)17-6-4-3-5-7-17/h3-12,21,26H,13-14H2,1-2H3/t21-/m0/s1. The van der Waals surface area contributed by atoms with Gasteiger partial charge in [0.25, 0.3) is 5.91 Å². The van der Waals surface area contributed by atoms with Gasteiger partial charge >= 0.3 is 0 Å². The normalized spacial score (nSPS) is 11.7. The Balaban J connectivity index is 1.55. The lowest BCUT2D eigenvalue weighted by atomic mass is 10.1. The van der Waals surface area contributed by atoms with E-state index in [1.54, 1.807) is 43.4 Å². The van der Waals surface area contributed by atoms with Crippen molar-refractivity contribution in [3.63, 3.8) is 0 Å². The van der Waals surface area contributed by atoms with E-state index in [-0.39, 0.29) is 30.5 Å². The number of aliphatic hydroxyl groups excluding tert-OH is 1. The first-order valence-corrected chi connectivity index (χ1v) is 9.12. The number of aromatic nitrogens is 1. The average molecular weight is 394 g/mol. The van der Waals surface area contributed by atoms with Gasteiger partial charge in [0, 0.05) is 18.7 Å². The molecule has 1 amide bonds. The molecule has 0 saturated heterocycles. The first-order chi connectivity index (χ1) is 13.9. The lowest BCUT2D eigenvalue weighted by molar-refractivity contribution is 0.0671. The van der Waals surface area contributed by atoms with Crippen LogP contribution in [0.15, 0.2) is 65.2 Å². The second-order valence-corrected chi connectivity index (χ2v) is 6.66.